The van der Waals surface area contributed by atoms with Gasteiger partial charge in [-0.2, -0.15) is 16.9 Å². The zero-order valence-electron chi connectivity index (χ0n) is 18.6. The van der Waals surface area contributed by atoms with E-state index in [1.165, 1.54) is 42.5 Å². The zero-order chi connectivity index (χ0) is 21.3. The topological polar surface area (TPSA) is 50.2 Å². The lowest BCUT2D eigenvalue weighted by atomic mass is 9.78. The van der Waals surface area contributed by atoms with E-state index >= 15 is 0 Å². The van der Waals surface area contributed by atoms with E-state index in [4.69, 9.17) is 5.10 Å². The number of benzene rings is 1. The van der Waals surface area contributed by atoms with Gasteiger partial charge in [-0.25, -0.2) is 0 Å². The van der Waals surface area contributed by atoms with Gasteiger partial charge in [0.2, 0.25) is 0 Å². The molecule has 1 unspecified atom stereocenters. The summed E-state index contributed by atoms with van der Waals surface area (Å²) >= 11 is 1.93. The van der Waals surface area contributed by atoms with Crippen LogP contribution in [0.3, 0.4) is 0 Å². The zero-order valence-corrected chi connectivity index (χ0v) is 19.4. The molecule has 1 saturated carbocycles. The minimum absolute atomic E-state index is 0.134. The number of rotatable bonds is 5. The predicted molar refractivity (Wildman–Crippen MR) is 127 cm³/mol. The number of fused-ring (bicyclic) bond motifs is 1. The number of aryl methyl sites for hydroxylation is 1. The Morgan fingerprint density at radius 3 is 2.68 bits per heavy atom. The van der Waals surface area contributed by atoms with Gasteiger partial charge in [0, 0.05) is 60.9 Å². The fraction of sp³-hybridized carbons (Fsp3) is 0.600. The highest BCUT2D eigenvalue weighted by Gasteiger charge is 2.37. The molecule has 2 heterocycles. The summed E-state index contributed by atoms with van der Waals surface area (Å²) in [6.45, 7) is 2.72. The number of amides is 1. The maximum absolute atomic E-state index is 13.2. The molecule has 1 aliphatic heterocycles. The van der Waals surface area contributed by atoms with E-state index in [1.54, 1.807) is 0 Å². The molecule has 31 heavy (non-hydrogen) atoms. The third kappa shape index (κ3) is 4.17. The maximum Gasteiger partial charge on any atom is 0.274 e. The summed E-state index contributed by atoms with van der Waals surface area (Å²) in [5.41, 5.74) is 4.90. The van der Waals surface area contributed by atoms with Crippen molar-refractivity contribution in [3.63, 3.8) is 0 Å². The summed E-state index contributed by atoms with van der Waals surface area (Å²) in [7, 11) is 2.00. The second-order valence-electron chi connectivity index (χ2n) is 9.48. The molecule has 1 aromatic carbocycles. The van der Waals surface area contributed by atoms with Crippen molar-refractivity contribution in [1.29, 1.82) is 0 Å². The van der Waals surface area contributed by atoms with E-state index in [2.05, 4.69) is 35.6 Å². The van der Waals surface area contributed by atoms with Crippen LogP contribution in [-0.2, 0) is 25.3 Å². The quantitative estimate of drug-likeness (QED) is 0.775. The fourth-order valence-corrected chi connectivity index (χ4v) is 6.71. The van der Waals surface area contributed by atoms with E-state index in [0.717, 1.165) is 50.4 Å². The van der Waals surface area contributed by atoms with Crippen molar-refractivity contribution >= 4 is 17.7 Å². The molecule has 1 amide bonds. The molecule has 2 fully saturated rings. The van der Waals surface area contributed by atoms with Crippen molar-refractivity contribution in [3.8, 4) is 0 Å². The third-order valence-corrected chi connectivity index (χ3v) is 8.57. The molecule has 1 saturated heterocycles. The second kappa shape index (κ2) is 8.99. The Labute approximate surface area is 190 Å². The molecule has 3 aliphatic rings. The standard InChI is InChI=1S/C25H34N4OS/c1-28-22-10-9-20(17-21(22)23(27-28)24(30)29-13-15-31-16-14-29)26-18-25(11-5-6-12-25)19-7-3-2-4-8-19/h2-4,7-8,20,26H,5-6,9-18H2,1H3. The first-order chi connectivity index (χ1) is 15.2. The van der Waals surface area contributed by atoms with Crippen LogP contribution in [0, 0.1) is 0 Å². The lowest BCUT2D eigenvalue weighted by Gasteiger charge is -2.34. The highest BCUT2D eigenvalue weighted by molar-refractivity contribution is 7.99. The summed E-state index contributed by atoms with van der Waals surface area (Å²) in [4.78, 5) is 15.2. The number of carbonyl (C=O) groups excluding carboxylic acids is 1. The van der Waals surface area contributed by atoms with Crippen LogP contribution < -0.4 is 5.32 Å². The molecular weight excluding hydrogens is 404 g/mol. The Bertz CT molecular complexity index is 913. The van der Waals surface area contributed by atoms with Gasteiger partial charge in [0.1, 0.15) is 0 Å². The second-order valence-corrected chi connectivity index (χ2v) is 10.7. The SMILES string of the molecule is Cn1nc(C(=O)N2CCSCC2)c2c1CCC(NCC1(c3ccccc3)CCCC1)C2. The Morgan fingerprint density at radius 2 is 1.94 bits per heavy atom. The number of nitrogens with zero attached hydrogens (tertiary/aromatic N) is 3. The molecule has 0 spiro atoms. The van der Waals surface area contributed by atoms with Crippen LogP contribution in [0.4, 0.5) is 0 Å². The van der Waals surface area contributed by atoms with Crippen LogP contribution in [0.25, 0.3) is 0 Å². The average molecular weight is 439 g/mol. The van der Waals surface area contributed by atoms with Gasteiger partial charge in [0.05, 0.1) is 0 Å². The van der Waals surface area contributed by atoms with E-state index < -0.39 is 0 Å². The van der Waals surface area contributed by atoms with Crippen molar-refractivity contribution in [2.24, 2.45) is 7.05 Å². The third-order valence-electron chi connectivity index (χ3n) is 7.63. The molecule has 166 valence electrons. The monoisotopic (exact) mass is 438 g/mol. The fourth-order valence-electron chi connectivity index (χ4n) is 5.80. The van der Waals surface area contributed by atoms with Crippen LogP contribution in [0.5, 0.6) is 0 Å². The lowest BCUT2D eigenvalue weighted by Crippen LogP contribution is -2.44. The summed E-state index contributed by atoms with van der Waals surface area (Å²) < 4.78 is 1.96. The van der Waals surface area contributed by atoms with Crippen molar-refractivity contribution in [1.82, 2.24) is 20.0 Å². The van der Waals surface area contributed by atoms with Gasteiger partial charge in [-0.3, -0.25) is 9.48 Å². The first-order valence-corrected chi connectivity index (χ1v) is 13.0. The van der Waals surface area contributed by atoms with Crippen molar-refractivity contribution < 1.29 is 4.79 Å². The lowest BCUT2D eigenvalue weighted by molar-refractivity contribution is 0.0764. The molecule has 5 rings (SSSR count). The number of aromatic nitrogens is 2. The molecule has 0 bridgehead atoms. The first kappa shape index (κ1) is 21.1. The minimum Gasteiger partial charge on any atom is -0.336 e. The minimum atomic E-state index is 0.134. The Kier molecular flexibility index (Phi) is 6.11. The van der Waals surface area contributed by atoms with Crippen molar-refractivity contribution in [2.45, 2.75) is 56.4 Å². The number of thioether (sulfide) groups is 1. The van der Waals surface area contributed by atoms with E-state index in [9.17, 15) is 4.79 Å². The van der Waals surface area contributed by atoms with Crippen molar-refractivity contribution in [3.05, 3.63) is 52.8 Å². The van der Waals surface area contributed by atoms with Crippen molar-refractivity contribution in [2.75, 3.05) is 31.1 Å². The summed E-state index contributed by atoms with van der Waals surface area (Å²) in [5.74, 6) is 2.20. The number of carbonyl (C=O) groups is 1. The van der Waals surface area contributed by atoms with Crippen LogP contribution in [0.15, 0.2) is 30.3 Å². The highest BCUT2D eigenvalue weighted by atomic mass is 32.2. The molecule has 1 aromatic heterocycles. The summed E-state index contributed by atoms with van der Waals surface area (Å²) in [6.07, 6.45) is 8.21. The van der Waals surface area contributed by atoms with Gasteiger partial charge in [0.25, 0.3) is 5.91 Å². The van der Waals surface area contributed by atoms with Gasteiger partial charge in [-0.05, 0) is 37.7 Å². The Balaban J connectivity index is 1.31. The smallest absolute Gasteiger partial charge is 0.274 e. The maximum atomic E-state index is 13.2. The molecule has 1 N–H and O–H groups in total. The first-order valence-electron chi connectivity index (χ1n) is 11.9. The van der Waals surface area contributed by atoms with Gasteiger partial charge in [-0.15, -0.1) is 0 Å². The van der Waals surface area contributed by atoms with Gasteiger partial charge < -0.3 is 10.2 Å². The van der Waals surface area contributed by atoms with E-state index in [-0.39, 0.29) is 11.3 Å². The Hall–Kier alpha value is -1.79. The molecule has 2 aliphatic carbocycles. The van der Waals surface area contributed by atoms with Gasteiger partial charge in [-0.1, -0.05) is 43.2 Å². The van der Waals surface area contributed by atoms with Crippen LogP contribution in [-0.4, -0.2) is 57.8 Å². The van der Waals surface area contributed by atoms with E-state index in [1.807, 2.05) is 28.4 Å². The van der Waals surface area contributed by atoms with E-state index in [0.29, 0.717) is 11.7 Å². The molecule has 6 heteroatoms. The van der Waals surface area contributed by atoms with Gasteiger partial charge >= 0.3 is 0 Å². The number of hydrogen-bond acceptors (Lipinski definition) is 4. The van der Waals surface area contributed by atoms with Crippen LogP contribution >= 0.6 is 11.8 Å². The highest BCUT2D eigenvalue weighted by Crippen LogP contribution is 2.41. The largest absolute Gasteiger partial charge is 0.336 e. The molecule has 1 atom stereocenters. The summed E-state index contributed by atoms with van der Waals surface area (Å²) in [6, 6.07) is 11.5. The van der Waals surface area contributed by atoms with Gasteiger partial charge in [0.15, 0.2) is 5.69 Å². The molecule has 2 aromatic rings. The number of hydrogen-bond donors (Lipinski definition) is 1. The van der Waals surface area contributed by atoms with Crippen LogP contribution in [0.2, 0.25) is 0 Å². The molecule has 5 nitrogen and oxygen atoms in total. The predicted octanol–water partition coefficient (Wildman–Crippen LogP) is 3.57. The summed E-state index contributed by atoms with van der Waals surface area (Å²) in [5, 5.41) is 8.62. The normalized spacial score (nSPS) is 23.0. The number of nitrogens with one attached hydrogen (secondary N) is 1. The Morgan fingerprint density at radius 1 is 1.19 bits per heavy atom. The molecule has 0 radical (unpaired) electrons. The van der Waals surface area contributed by atoms with Crippen LogP contribution in [0.1, 0.15) is 59.4 Å². The molecular formula is C25H34N4OS. The average Bonchev–Trinajstić information content (AvgIpc) is 3.44.